The lowest BCUT2D eigenvalue weighted by Gasteiger charge is -2.34. The number of aliphatic imine (C=N–C) groups is 1. The lowest BCUT2D eigenvalue weighted by atomic mass is 9.92. The third-order valence-electron chi connectivity index (χ3n) is 5.06. The molecule has 1 aromatic heterocycles. The molecule has 2 N–H and O–H groups in total. The molecular weight excluding hydrogens is 338 g/mol. The number of piperidine rings is 1. The first-order valence-electron chi connectivity index (χ1n) is 10.4. The number of hydrogen-bond acceptors (Lipinski definition) is 4. The van der Waals surface area contributed by atoms with E-state index in [4.69, 9.17) is 4.42 Å². The van der Waals surface area contributed by atoms with E-state index in [9.17, 15) is 0 Å². The summed E-state index contributed by atoms with van der Waals surface area (Å²) in [5.74, 6) is 4.07. The summed E-state index contributed by atoms with van der Waals surface area (Å²) in [6.45, 7) is 16.3. The van der Waals surface area contributed by atoms with Gasteiger partial charge in [-0.15, -0.1) is 0 Å². The minimum Gasteiger partial charge on any atom is -0.443 e. The molecule has 0 saturated carbocycles. The van der Waals surface area contributed by atoms with Gasteiger partial charge in [-0.25, -0.2) is 4.98 Å². The van der Waals surface area contributed by atoms with Gasteiger partial charge in [0.05, 0.1) is 12.7 Å². The van der Waals surface area contributed by atoms with Crippen LogP contribution in [0.2, 0.25) is 0 Å². The average Bonchev–Trinajstić information content (AvgIpc) is 3.06. The van der Waals surface area contributed by atoms with Crippen molar-refractivity contribution < 1.29 is 4.42 Å². The van der Waals surface area contributed by atoms with Crippen molar-refractivity contribution in [3.8, 4) is 0 Å². The Bertz CT molecular complexity index is 580. The van der Waals surface area contributed by atoms with Crippen LogP contribution in [0.3, 0.4) is 0 Å². The number of nitrogens with one attached hydrogen (secondary N) is 2. The number of rotatable bonds is 7. The quantitative estimate of drug-likeness (QED) is 0.433. The molecule has 1 aromatic rings. The van der Waals surface area contributed by atoms with Gasteiger partial charge in [0, 0.05) is 32.1 Å². The first kappa shape index (κ1) is 21.7. The molecule has 0 radical (unpaired) electrons. The average molecular weight is 378 g/mol. The van der Waals surface area contributed by atoms with Crippen LogP contribution in [0.5, 0.6) is 0 Å². The maximum absolute atomic E-state index is 5.81. The molecule has 1 aliphatic rings. The van der Waals surface area contributed by atoms with Gasteiger partial charge >= 0.3 is 0 Å². The van der Waals surface area contributed by atoms with Crippen LogP contribution in [0.4, 0.5) is 0 Å². The van der Waals surface area contributed by atoms with Crippen molar-refractivity contribution in [3.63, 3.8) is 0 Å². The van der Waals surface area contributed by atoms with Gasteiger partial charge in [0.15, 0.2) is 5.96 Å². The fraction of sp³-hybridized carbons (Fsp3) is 0.810. The van der Waals surface area contributed by atoms with E-state index in [1.807, 2.05) is 6.20 Å². The Hall–Kier alpha value is -1.56. The Kier molecular flexibility index (Phi) is 8.14. The number of guanidine groups is 1. The minimum atomic E-state index is -0.0187. The molecule has 27 heavy (non-hydrogen) atoms. The first-order valence-corrected chi connectivity index (χ1v) is 10.4. The Morgan fingerprint density at radius 1 is 1.22 bits per heavy atom. The molecule has 1 saturated heterocycles. The zero-order chi connectivity index (χ0) is 19.9. The van der Waals surface area contributed by atoms with Gasteiger partial charge in [0.2, 0.25) is 5.89 Å². The van der Waals surface area contributed by atoms with Gasteiger partial charge in [-0.2, -0.15) is 0 Å². The van der Waals surface area contributed by atoms with Crippen molar-refractivity contribution in [3.05, 3.63) is 17.8 Å². The highest BCUT2D eigenvalue weighted by molar-refractivity contribution is 5.79. The zero-order valence-electron chi connectivity index (χ0n) is 18.1. The molecule has 2 heterocycles. The van der Waals surface area contributed by atoms with Gasteiger partial charge in [0.25, 0.3) is 0 Å². The second-order valence-electron chi connectivity index (χ2n) is 9.13. The van der Waals surface area contributed by atoms with Crippen molar-refractivity contribution >= 4 is 5.96 Å². The summed E-state index contributed by atoms with van der Waals surface area (Å²) in [4.78, 5) is 11.3. The van der Waals surface area contributed by atoms with Gasteiger partial charge in [-0.05, 0) is 37.6 Å². The summed E-state index contributed by atoms with van der Waals surface area (Å²) in [7, 11) is 1.79. The number of likely N-dealkylation sites (tertiary alicyclic amines) is 1. The fourth-order valence-corrected chi connectivity index (χ4v) is 3.76. The minimum absolute atomic E-state index is 0.0187. The SMILES string of the molecule is CN=C(NCCCCN1CC(C)CC(C)C1)NCc1ncc(C(C)(C)C)o1. The lowest BCUT2D eigenvalue weighted by Crippen LogP contribution is -2.40. The van der Waals surface area contributed by atoms with Crippen LogP contribution in [-0.4, -0.2) is 49.1 Å². The predicted molar refractivity (Wildman–Crippen MR) is 112 cm³/mol. The van der Waals surface area contributed by atoms with Gasteiger partial charge in [0.1, 0.15) is 5.76 Å². The third-order valence-corrected chi connectivity index (χ3v) is 5.06. The number of unbranched alkanes of at least 4 members (excludes halogenated alkanes) is 1. The second-order valence-corrected chi connectivity index (χ2v) is 9.13. The Labute approximate surface area is 165 Å². The first-order chi connectivity index (χ1) is 12.8. The van der Waals surface area contributed by atoms with Crippen LogP contribution in [0, 0.1) is 11.8 Å². The molecule has 0 aromatic carbocycles. The summed E-state index contributed by atoms with van der Waals surface area (Å²) in [5.41, 5.74) is -0.0187. The van der Waals surface area contributed by atoms with Gasteiger partial charge in [-0.3, -0.25) is 4.99 Å². The van der Waals surface area contributed by atoms with E-state index in [2.05, 4.69) is 60.1 Å². The molecule has 1 aliphatic heterocycles. The Balaban J connectivity index is 1.62. The number of nitrogens with zero attached hydrogens (tertiary/aromatic N) is 3. The largest absolute Gasteiger partial charge is 0.443 e. The monoisotopic (exact) mass is 377 g/mol. The van der Waals surface area contributed by atoms with E-state index >= 15 is 0 Å². The molecule has 0 aliphatic carbocycles. The molecular formula is C21H39N5O. The second kappa shape index (κ2) is 10.1. The van der Waals surface area contributed by atoms with E-state index in [1.54, 1.807) is 7.05 Å². The van der Waals surface area contributed by atoms with E-state index in [1.165, 1.54) is 32.5 Å². The standard InChI is InChI=1S/C21H39N5O/c1-16-11-17(2)15-26(14-16)10-8-7-9-23-20(22-6)25-13-19-24-12-18(27-19)21(3,4)5/h12,16-17H,7-11,13-15H2,1-6H3,(H2,22,23,25). The van der Waals surface area contributed by atoms with Crippen molar-refractivity contribution in [1.82, 2.24) is 20.5 Å². The van der Waals surface area contributed by atoms with Crippen LogP contribution < -0.4 is 10.6 Å². The third kappa shape index (κ3) is 7.53. The molecule has 0 amide bonds. The molecule has 2 unspecified atom stereocenters. The topological polar surface area (TPSA) is 65.7 Å². The van der Waals surface area contributed by atoms with E-state index in [0.29, 0.717) is 12.4 Å². The Morgan fingerprint density at radius 2 is 1.93 bits per heavy atom. The highest BCUT2D eigenvalue weighted by atomic mass is 16.4. The smallest absolute Gasteiger partial charge is 0.213 e. The van der Waals surface area contributed by atoms with Crippen LogP contribution in [0.1, 0.15) is 65.5 Å². The van der Waals surface area contributed by atoms with Crippen LogP contribution in [0.25, 0.3) is 0 Å². The highest BCUT2D eigenvalue weighted by Gasteiger charge is 2.21. The molecule has 2 atom stereocenters. The van der Waals surface area contributed by atoms with Crippen LogP contribution in [0.15, 0.2) is 15.6 Å². The normalized spacial score (nSPS) is 22.1. The highest BCUT2D eigenvalue weighted by Crippen LogP contribution is 2.22. The van der Waals surface area contributed by atoms with Crippen LogP contribution >= 0.6 is 0 Å². The maximum atomic E-state index is 5.81. The maximum Gasteiger partial charge on any atom is 0.213 e. The zero-order valence-corrected chi connectivity index (χ0v) is 18.1. The Morgan fingerprint density at radius 3 is 2.52 bits per heavy atom. The van der Waals surface area contributed by atoms with E-state index < -0.39 is 0 Å². The van der Waals surface area contributed by atoms with Gasteiger partial charge in [-0.1, -0.05) is 34.6 Å². The summed E-state index contributed by atoms with van der Waals surface area (Å²) in [5, 5.41) is 6.66. The summed E-state index contributed by atoms with van der Waals surface area (Å²) in [6.07, 6.45) is 5.56. The molecule has 0 spiro atoms. The molecule has 154 valence electrons. The predicted octanol–water partition coefficient (Wildman–Crippen LogP) is 3.40. The van der Waals surface area contributed by atoms with Gasteiger partial charge < -0.3 is 20.0 Å². The lowest BCUT2D eigenvalue weighted by molar-refractivity contribution is 0.139. The van der Waals surface area contributed by atoms with Crippen molar-refractivity contribution in [1.29, 1.82) is 0 Å². The van der Waals surface area contributed by atoms with Crippen molar-refractivity contribution in [2.75, 3.05) is 33.2 Å². The molecule has 0 bridgehead atoms. The summed E-state index contributed by atoms with van der Waals surface area (Å²) < 4.78 is 5.81. The summed E-state index contributed by atoms with van der Waals surface area (Å²) >= 11 is 0. The van der Waals surface area contributed by atoms with E-state index in [-0.39, 0.29) is 5.41 Å². The molecule has 6 nitrogen and oxygen atoms in total. The fourth-order valence-electron chi connectivity index (χ4n) is 3.76. The molecule has 6 heteroatoms. The number of aromatic nitrogens is 1. The summed E-state index contributed by atoms with van der Waals surface area (Å²) in [6, 6.07) is 0. The van der Waals surface area contributed by atoms with Crippen molar-refractivity contribution in [2.45, 2.75) is 65.8 Å². The van der Waals surface area contributed by atoms with Crippen molar-refractivity contribution in [2.24, 2.45) is 16.8 Å². The molecule has 1 fully saturated rings. The number of hydrogen-bond donors (Lipinski definition) is 2. The molecule has 2 rings (SSSR count). The van der Waals surface area contributed by atoms with E-state index in [0.717, 1.165) is 36.5 Å². The van der Waals surface area contributed by atoms with Crippen LogP contribution in [-0.2, 0) is 12.0 Å². The number of oxazole rings is 1.